The maximum absolute atomic E-state index is 11.8. The van der Waals surface area contributed by atoms with Crippen molar-refractivity contribution in [3.8, 4) is 22.5 Å². The van der Waals surface area contributed by atoms with Gasteiger partial charge >= 0.3 is 0 Å². The van der Waals surface area contributed by atoms with E-state index in [1.165, 1.54) is 19.3 Å². The molecule has 9 heteroatoms. The average Bonchev–Trinajstić information content (AvgIpc) is 3.53. The van der Waals surface area contributed by atoms with Crippen LogP contribution >= 0.6 is 0 Å². The van der Waals surface area contributed by atoms with E-state index in [-0.39, 0.29) is 5.91 Å². The van der Waals surface area contributed by atoms with Crippen LogP contribution in [0.25, 0.3) is 44.5 Å². The Morgan fingerprint density at radius 2 is 1.89 bits per heavy atom. The third-order valence-electron chi connectivity index (χ3n) is 6.53. The average molecular weight is 467 g/mol. The molecular formula is C26H26N8O. The number of hydrogen-bond donors (Lipinski definition) is 3. The molecule has 3 N–H and O–H groups in total. The molecule has 1 amide bonds. The lowest BCUT2D eigenvalue weighted by molar-refractivity contribution is -0.115. The molecule has 0 radical (unpaired) electrons. The molecule has 6 rings (SSSR count). The maximum Gasteiger partial charge on any atom is 0.224 e. The van der Waals surface area contributed by atoms with Gasteiger partial charge in [-0.1, -0.05) is 6.92 Å². The van der Waals surface area contributed by atoms with Crippen LogP contribution in [0.4, 0.5) is 11.5 Å². The van der Waals surface area contributed by atoms with Gasteiger partial charge in [0, 0.05) is 60.0 Å². The molecule has 0 aliphatic carbocycles. The third-order valence-corrected chi connectivity index (χ3v) is 6.53. The molecule has 6 heterocycles. The van der Waals surface area contributed by atoms with Crippen LogP contribution in [0.3, 0.4) is 0 Å². The van der Waals surface area contributed by atoms with Gasteiger partial charge in [-0.25, -0.2) is 9.97 Å². The first-order valence-electron chi connectivity index (χ1n) is 12.0. The summed E-state index contributed by atoms with van der Waals surface area (Å²) in [6.07, 6.45) is 11.2. The fraction of sp³-hybridized carbons (Fsp3) is 0.269. The number of nitrogens with one attached hydrogen (secondary N) is 3. The summed E-state index contributed by atoms with van der Waals surface area (Å²) in [5.74, 6) is 0.979. The molecule has 1 saturated heterocycles. The first kappa shape index (κ1) is 21.3. The molecule has 0 spiro atoms. The molecule has 9 nitrogen and oxygen atoms in total. The van der Waals surface area contributed by atoms with Crippen LogP contribution in [-0.2, 0) is 4.79 Å². The Labute approximate surface area is 202 Å². The third kappa shape index (κ3) is 3.99. The Balaban J connectivity index is 1.39. The standard InChI is InChI=1S/C26H26N8O/c1-2-23(35)30-18-10-16(13-27-15-18)17-11-20-24(32-33-25(20)29-14-17)22-12-19-21(31-22)6-7-28-26(19)34-8-4-3-5-9-34/h6-7,10-15,31H,2-5,8-9H2,1H3,(H,30,35)(H,29,32,33). The molecule has 35 heavy (non-hydrogen) atoms. The first-order valence-corrected chi connectivity index (χ1v) is 12.0. The van der Waals surface area contributed by atoms with Crippen LogP contribution in [0.5, 0.6) is 0 Å². The van der Waals surface area contributed by atoms with Gasteiger partial charge in [-0.15, -0.1) is 0 Å². The molecule has 1 fully saturated rings. The monoisotopic (exact) mass is 466 g/mol. The zero-order valence-electron chi connectivity index (χ0n) is 19.5. The zero-order valence-corrected chi connectivity index (χ0v) is 19.5. The molecule has 5 aromatic rings. The number of nitrogens with zero attached hydrogens (tertiary/aromatic N) is 5. The predicted octanol–water partition coefficient (Wildman–Crippen LogP) is 4.90. The molecule has 0 unspecified atom stereocenters. The quantitative estimate of drug-likeness (QED) is 0.339. The van der Waals surface area contributed by atoms with E-state index in [1.54, 1.807) is 18.6 Å². The summed E-state index contributed by atoms with van der Waals surface area (Å²) in [5, 5.41) is 12.5. The van der Waals surface area contributed by atoms with Gasteiger partial charge in [-0.3, -0.25) is 14.9 Å². The molecule has 176 valence electrons. The summed E-state index contributed by atoms with van der Waals surface area (Å²) in [4.78, 5) is 31.3. The van der Waals surface area contributed by atoms with Gasteiger partial charge in [-0.2, -0.15) is 5.10 Å². The predicted molar refractivity (Wildman–Crippen MR) is 137 cm³/mol. The van der Waals surface area contributed by atoms with Crippen molar-refractivity contribution in [1.29, 1.82) is 0 Å². The Kier molecular flexibility index (Phi) is 5.36. The number of piperidine rings is 1. The van der Waals surface area contributed by atoms with Gasteiger partial charge in [0.05, 0.1) is 23.1 Å². The van der Waals surface area contributed by atoms with Crippen LogP contribution in [0, 0.1) is 0 Å². The van der Waals surface area contributed by atoms with Gasteiger partial charge in [0.15, 0.2) is 5.65 Å². The first-order chi connectivity index (χ1) is 17.2. The molecule has 0 bridgehead atoms. The second-order valence-corrected chi connectivity index (χ2v) is 8.88. The number of aromatic amines is 2. The molecule has 0 saturated carbocycles. The van der Waals surface area contributed by atoms with E-state index in [0.717, 1.165) is 57.7 Å². The number of amides is 1. The molecule has 0 atom stereocenters. The van der Waals surface area contributed by atoms with E-state index < -0.39 is 0 Å². The summed E-state index contributed by atoms with van der Waals surface area (Å²) in [7, 11) is 0. The number of carbonyl (C=O) groups excluding carboxylic acids is 1. The number of H-pyrrole nitrogens is 2. The number of rotatable bonds is 5. The number of aromatic nitrogens is 6. The van der Waals surface area contributed by atoms with Gasteiger partial charge < -0.3 is 15.2 Å². The minimum Gasteiger partial charge on any atom is -0.356 e. The number of carbonyl (C=O) groups is 1. The molecule has 1 aliphatic heterocycles. The van der Waals surface area contributed by atoms with Crippen LogP contribution < -0.4 is 10.2 Å². The van der Waals surface area contributed by atoms with Gasteiger partial charge in [-0.05, 0) is 43.5 Å². The van der Waals surface area contributed by atoms with E-state index in [4.69, 9.17) is 4.98 Å². The number of anilines is 2. The highest BCUT2D eigenvalue weighted by Gasteiger charge is 2.19. The number of hydrogen-bond acceptors (Lipinski definition) is 6. The fourth-order valence-electron chi connectivity index (χ4n) is 4.71. The fourth-order valence-corrected chi connectivity index (χ4v) is 4.71. The lowest BCUT2D eigenvalue weighted by Gasteiger charge is -2.28. The Bertz CT molecular complexity index is 1530. The highest BCUT2D eigenvalue weighted by atomic mass is 16.1. The second-order valence-electron chi connectivity index (χ2n) is 8.88. The van der Waals surface area contributed by atoms with Crippen molar-refractivity contribution in [2.75, 3.05) is 23.3 Å². The maximum atomic E-state index is 11.8. The zero-order chi connectivity index (χ0) is 23.8. The molecule has 1 aliphatic rings. The van der Waals surface area contributed by atoms with Gasteiger partial charge in [0.25, 0.3) is 0 Å². The van der Waals surface area contributed by atoms with E-state index in [1.807, 2.05) is 25.3 Å². The molecule has 5 aromatic heterocycles. The van der Waals surface area contributed by atoms with Crippen molar-refractivity contribution in [3.63, 3.8) is 0 Å². The van der Waals surface area contributed by atoms with Crippen molar-refractivity contribution < 1.29 is 4.79 Å². The van der Waals surface area contributed by atoms with Crippen LogP contribution in [0.15, 0.2) is 49.1 Å². The topological polar surface area (TPSA) is 115 Å². The number of fused-ring (bicyclic) bond motifs is 2. The number of pyridine rings is 3. The van der Waals surface area contributed by atoms with Crippen molar-refractivity contribution in [2.45, 2.75) is 32.6 Å². The summed E-state index contributed by atoms with van der Waals surface area (Å²) >= 11 is 0. The van der Waals surface area contributed by atoms with Crippen LogP contribution in [0.1, 0.15) is 32.6 Å². The van der Waals surface area contributed by atoms with Crippen LogP contribution in [-0.4, -0.2) is 49.1 Å². The lowest BCUT2D eigenvalue weighted by Crippen LogP contribution is -2.30. The Morgan fingerprint density at radius 3 is 2.74 bits per heavy atom. The second kappa shape index (κ2) is 8.83. The highest BCUT2D eigenvalue weighted by molar-refractivity contribution is 5.99. The van der Waals surface area contributed by atoms with E-state index in [2.05, 4.69) is 47.5 Å². The smallest absolute Gasteiger partial charge is 0.224 e. The van der Waals surface area contributed by atoms with E-state index in [9.17, 15) is 4.79 Å². The largest absolute Gasteiger partial charge is 0.356 e. The van der Waals surface area contributed by atoms with E-state index >= 15 is 0 Å². The van der Waals surface area contributed by atoms with Gasteiger partial charge in [0.1, 0.15) is 11.5 Å². The minimum absolute atomic E-state index is 0.0492. The van der Waals surface area contributed by atoms with Crippen molar-refractivity contribution in [3.05, 3.63) is 49.1 Å². The summed E-state index contributed by atoms with van der Waals surface area (Å²) < 4.78 is 0. The summed E-state index contributed by atoms with van der Waals surface area (Å²) in [6.45, 7) is 3.90. The molecular weight excluding hydrogens is 440 g/mol. The normalized spacial score (nSPS) is 14.0. The SMILES string of the molecule is CCC(=O)Nc1cncc(-c2cnc3[nH]nc(-c4cc5c(N6CCCCC6)nccc5[nH]4)c3c2)c1. The van der Waals surface area contributed by atoms with Crippen molar-refractivity contribution in [1.82, 2.24) is 30.1 Å². The highest BCUT2D eigenvalue weighted by Crippen LogP contribution is 2.34. The van der Waals surface area contributed by atoms with Gasteiger partial charge in [0.2, 0.25) is 5.91 Å². The van der Waals surface area contributed by atoms with Crippen molar-refractivity contribution >= 4 is 39.3 Å². The Morgan fingerprint density at radius 1 is 1.03 bits per heavy atom. The Hall–Kier alpha value is -4.27. The van der Waals surface area contributed by atoms with Crippen molar-refractivity contribution in [2.24, 2.45) is 0 Å². The van der Waals surface area contributed by atoms with Crippen LogP contribution in [0.2, 0.25) is 0 Å². The summed E-state index contributed by atoms with van der Waals surface area (Å²) in [6, 6.07) is 8.10. The lowest BCUT2D eigenvalue weighted by atomic mass is 10.1. The molecule has 0 aromatic carbocycles. The summed E-state index contributed by atoms with van der Waals surface area (Å²) in [5.41, 5.74) is 5.90. The minimum atomic E-state index is -0.0492. The van der Waals surface area contributed by atoms with E-state index in [0.29, 0.717) is 17.8 Å².